The van der Waals surface area contributed by atoms with Gasteiger partial charge in [-0.15, -0.1) is 0 Å². The summed E-state index contributed by atoms with van der Waals surface area (Å²) in [6, 6.07) is 0.273. The van der Waals surface area contributed by atoms with Crippen molar-refractivity contribution in [1.82, 2.24) is 4.90 Å². The Labute approximate surface area is 92.0 Å². The molecule has 0 saturated heterocycles. The van der Waals surface area contributed by atoms with Gasteiger partial charge in [-0.05, 0) is 38.0 Å². The first-order valence-electron chi connectivity index (χ1n) is 6.28. The van der Waals surface area contributed by atoms with Crippen LogP contribution in [0.1, 0.15) is 45.4 Å². The number of carbonyl (C=O) groups excluding carboxylic acids is 1. The maximum atomic E-state index is 12.1. The van der Waals surface area contributed by atoms with Crippen LogP contribution >= 0.6 is 0 Å². The van der Waals surface area contributed by atoms with Crippen LogP contribution in [0.5, 0.6) is 0 Å². The molecular formula is C12H22N2O. The molecule has 2 aliphatic carbocycles. The number of rotatable bonds is 6. The number of carbonyl (C=O) groups is 1. The van der Waals surface area contributed by atoms with Crippen LogP contribution in [-0.2, 0) is 4.79 Å². The predicted molar refractivity (Wildman–Crippen MR) is 60.3 cm³/mol. The van der Waals surface area contributed by atoms with Crippen molar-refractivity contribution in [2.75, 3.05) is 6.54 Å². The fraction of sp³-hybridized carbons (Fsp3) is 0.917. The zero-order valence-electron chi connectivity index (χ0n) is 9.61. The van der Waals surface area contributed by atoms with Gasteiger partial charge >= 0.3 is 0 Å². The molecule has 1 atom stereocenters. The van der Waals surface area contributed by atoms with Crippen LogP contribution < -0.4 is 5.73 Å². The van der Waals surface area contributed by atoms with Gasteiger partial charge in [-0.25, -0.2) is 0 Å². The Balaban J connectivity index is 1.87. The molecule has 15 heavy (non-hydrogen) atoms. The topological polar surface area (TPSA) is 46.3 Å². The van der Waals surface area contributed by atoms with E-state index in [2.05, 4.69) is 11.8 Å². The number of nitrogens with zero attached hydrogens (tertiary/aromatic N) is 1. The summed E-state index contributed by atoms with van der Waals surface area (Å²) in [6.45, 7) is 3.05. The van der Waals surface area contributed by atoms with E-state index in [-0.39, 0.29) is 11.9 Å². The van der Waals surface area contributed by atoms with E-state index in [1.165, 1.54) is 25.7 Å². The Hall–Kier alpha value is -0.570. The van der Waals surface area contributed by atoms with Crippen LogP contribution in [0.4, 0.5) is 0 Å². The second-order valence-electron chi connectivity index (χ2n) is 5.06. The molecule has 0 aromatic rings. The fourth-order valence-electron chi connectivity index (χ4n) is 2.03. The highest BCUT2D eigenvalue weighted by molar-refractivity contribution is 5.82. The molecule has 2 aliphatic rings. The first-order chi connectivity index (χ1) is 7.22. The summed E-state index contributed by atoms with van der Waals surface area (Å²) >= 11 is 0. The maximum Gasteiger partial charge on any atom is 0.239 e. The van der Waals surface area contributed by atoms with Gasteiger partial charge in [-0.1, -0.05) is 13.3 Å². The number of hydrogen-bond donors (Lipinski definition) is 1. The zero-order chi connectivity index (χ0) is 10.8. The average Bonchev–Trinajstić information content (AvgIpc) is 3.04. The van der Waals surface area contributed by atoms with Gasteiger partial charge in [0.2, 0.25) is 5.91 Å². The molecule has 0 heterocycles. The highest BCUT2D eigenvalue weighted by Gasteiger charge is 2.37. The van der Waals surface area contributed by atoms with Crippen molar-refractivity contribution in [2.45, 2.75) is 57.5 Å². The second kappa shape index (κ2) is 4.52. The first-order valence-corrected chi connectivity index (χ1v) is 6.28. The summed E-state index contributed by atoms with van der Waals surface area (Å²) in [5.41, 5.74) is 5.90. The monoisotopic (exact) mass is 210 g/mol. The second-order valence-corrected chi connectivity index (χ2v) is 5.06. The molecule has 3 heteroatoms. The minimum absolute atomic E-state index is 0.200. The smallest absolute Gasteiger partial charge is 0.239 e. The van der Waals surface area contributed by atoms with Gasteiger partial charge in [0.05, 0.1) is 6.04 Å². The minimum Gasteiger partial charge on any atom is -0.338 e. The van der Waals surface area contributed by atoms with Crippen LogP contribution in [0.3, 0.4) is 0 Å². The molecule has 2 N–H and O–H groups in total. The van der Waals surface area contributed by atoms with Crippen molar-refractivity contribution >= 4 is 5.91 Å². The average molecular weight is 210 g/mol. The van der Waals surface area contributed by atoms with Gasteiger partial charge in [0, 0.05) is 12.6 Å². The molecule has 2 fully saturated rings. The lowest BCUT2D eigenvalue weighted by atomic mass is 10.1. The molecule has 2 saturated carbocycles. The molecule has 1 amide bonds. The third kappa shape index (κ3) is 2.94. The highest BCUT2D eigenvalue weighted by Crippen LogP contribution is 2.35. The van der Waals surface area contributed by atoms with Crippen molar-refractivity contribution < 1.29 is 4.79 Å². The molecule has 0 aromatic carbocycles. The molecule has 0 spiro atoms. The van der Waals surface area contributed by atoms with Gasteiger partial charge in [0.25, 0.3) is 0 Å². The van der Waals surface area contributed by atoms with E-state index in [1.54, 1.807) is 0 Å². The normalized spacial score (nSPS) is 22.5. The highest BCUT2D eigenvalue weighted by atomic mass is 16.2. The van der Waals surface area contributed by atoms with Crippen molar-refractivity contribution in [1.29, 1.82) is 0 Å². The Morgan fingerprint density at radius 2 is 2.07 bits per heavy atom. The van der Waals surface area contributed by atoms with Crippen LogP contribution in [0.25, 0.3) is 0 Å². The molecule has 86 valence electrons. The van der Waals surface area contributed by atoms with E-state index in [1.807, 2.05) is 0 Å². The Kier molecular flexibility index (Phi) is 3.29. The van der Waals surface area contributed by atoms with Crippen molar-refractivity contribution in [3.05, 3.63) is 0 Å². The van der Waals surface area contributed by atoms with Gasteiger partial charge < -0.3 is 10.6 Å². The summed E-state index contributed by atoms with van der Waals surface area (Å²) in [7, 11) is 0. The lowest BCUT2D eigenvalue weighted by Crippen LogP contribution is -2.45. The maximum absolute atomic E-state index is 12.1. The van der Waals surface area contributed by atoms with E-state index >= 15 is 0 Å². The van der Waals surface area contributed by atoms with Crippen molar-refractivity contribution in [2.24, 2.45) is 11.7 Å². The van der Waals surface area contributed by atoms with E-state index in [0.29, 0.717) is 6.04 Å². The largest absolute Gasteiger partial charge is 0.338 e. The van der Waals surface area contributed by atoms with Crippen molar-refractivity contribution in [3.8, 4) is 0 Å². The minimum atomic E-state index is -0.255. The molecule has 3 nitrogen and oxygen atoms in total. The summed E-state index contributed by atoms with van der Waals surface area (Å²) in [4.78, 5) is 14.1. The fourth-order valence-corrected chi connectivity index (χ4v) is 2.03. The van der Waals surface area contributed by atoms with Crippen molar-refractivity contribution in [3.63, 3.8) is 0 Å². The van der Waals surface area contributed by atoms with Gasteiger partial charge in [-0.3, -0.25) is 4.79 Å². The molecule has 1 unspecified atom stereocenters. The quantitative estimate of drug-likeness (QED) is 0.722. The Morgan fingerprint density at radius 1 is 1.40 bits per heavy atom. The first kappa shape index (κ1) is 10.9. The standard InChI is InChI=1S/C12H22N2O/c1-2-3-11(13)12(15)14(10-6-7-10)8-9-4-5-9/h9-11H,2-8,13H2,1H3. The molecule has 0 bridgehead atoms. The Morgan fingerprint density at radius 3 is 2.53 bits per heavy atom. The van der Waals surface area contributed by atoms with E-state index in [9.17, 15) is 4.79 Å². The SMILES string of the molecule is CCCC(N)C(=O)N(CC1CC1)C1CC1. The van der Waals surface area contributed by atoms with E-state index in [0.717, 1.165) is 25.3 Å². The van der Waals surface area contributed by atoms with Crippen LogP contribution in [0.15, 0.2) is 0 Å². The number of amides is 1. The predicted octanol–water partition coefficient (Wildman–Crippen LogP) is 1.51. The lowest BCUT2D eigenvalue weighted by Gasteiger charge is -2.25. The van der Waals surface area contributed by atoms with Crippen LogP contribution in [0, 0.1) is 5.92 Å². The van der Waals surface area contributed by atoms with Gasteiger partial charge in [-0.2, -0.15) is 0 Å². The molecule has 0 aliphatic heterocycles. The third-order valence-corrected chi connectivity index (χ3v) is 3.34. The van der Waals surface area contributed by atoms with E-state index in [4.69, 9.17) is 5.73 Å². The molecule has 0 aromatic heterocycles. The molecule has 0 radical (unpaired) electrons. The summed E-state index contributed by atoms with van der Waals surface area (Å²) in [5.74, 6) is 0.981. The number of nitrogens with two attached hydrogens (primary N) is 1. The van der Waals surface area contributed by atoms with E-state index < -0.39 is 0 Å². The lowest BCUT2D eigenvalue weighted by molar-refractivity contribution is -0.133. The molecular weight excluding hydrogens is 188 g/mol. The summed E-state index contributed by atoms with van der Waals surface area (Å²) < 4.78 is 0. The van der Waals surface area contributed by atoms with Crippen LogP contribution in [-0.4, -0.2) is 29.4 Å². The number of hydrogen-bond acceptors (Lipinski definition) is 2. The molecule has 2 rings (SSSR count). The van der Waals surface area contributed by atoms with Gasteiger partial charge in [0.1, 0.15) is 0 Å². The Bertz CT molecular complexity index is 234. The van der Waals surface area contributed by atoms with Gasteiger partial charge in [0.15, 0.2) is 0 Å². The van der Waals surface area contributed by atoms with Crippen LogP contribution in [0.2, 0.25) is 0 Å². The zero-order valence-corrected chi connectivity index (χ0v) is 9.61. The summed E-state index contributed by atoms with van der Waals surface area (Å²) in [6.07, 6.45) is 6.81. The third-order valence-electron chi connectivity index (χ3n) is 3.34. The summed E-state index contributed by atoms with van der Waals surface area (Å²) in [5, 5.41) is 0.